The molecule has 1 unspecified atom stereocenters. The first-order valence-electron chi connectivity index (χ1n) is 5.12. The van der Waals surface area contributed by atoms with Crippen LogP contribution in [0.3, 0.4) is 0 Å². The number of hydrogen-bond donors (Lipinski definition) is 3. The molecule has 0 spiro atoms. The maximum Gasteiger partial charge on any atom is 0.358 e. The highest BCUT2D eigenvalue weighted by Gasteiger charge is 2.19. The van der Waals surface area contributed by atoms with Crippen molar-refractivity contribution in [1.29, 1.82) is 0 Å². The van der Waals surface area contributed by atoms with Crippen molar-refractivity contribution in [3.63, 3.8) is 0 Å². The standard InChI is InChI=1S/C9H16N4O4/c1-17-5-6(14)4-13-7(2-3-10)8(9(15)16)11-12-13/h6,14H,2-5,10H2,1H3,(H,15,16). The highest BCUT2D eigenvalue weighted by Crippen LogP contribution is 2.07. The van der Waals surface area contributed by atoms with Gasteiger partial charge in [-0.15, -0.1) is 5.10 Å². The van der Waals surface area contributed by atoms with Crippen LogP contribution in [0.5, 0.6) is 0 Å². The maximum atomic E-state index is 10.9. The summed E-state index contributed by atoms with van der Waals surface area (Å²) in [6, 6.07) is 0. The van der Waals surface area contributed by atoms with E-state index in [4.69, 9.17) is 15.6 Å². The molecule has 0 radical (unpaired) electrons. The number of nitrogens with zero attached hydrogens (tertiary/aromatic N) is 3. The fourth-order valence-corrected chi connectivity index (χ4v) is 1.47. The Bertz CT molecular complexity index is 379. The molecule has 1 atom stereocenters. The predicted octanol–water partition coefficient (Wildman–Crippen LogP) is -1.52. The number of nitrogens with two attached hydrogens (primary N) is 1. The van der Waals surface area contributed by atoms with E-state index in [0.29, 0.717) is 12.1 Å². The molecule has 0 aliphatic carbocycles. The molecule has 0 aromatic carbocycles. The van der Waals surface area contributed by atoms with E-state index in [1.165, 1.54) is 11.8 Å². The van der Waals surface area contributed by atoms with Crippen LogP contribution in [0.1, 0.15) is 16.2 Å². The number of carboxylic acid groups (broad SMARTS) is 1. The number of aliphatic hydroxyl groups excluding tert-OH is 1. The van der Waals surface area contributed by atoms with Crippen molar-refractivity contribution in [2.75, 3.05) is 20.3 Å². The van der Waals surface area contributed by atoms with Gasteiger partial charge in [-0.1, -0.05) is 5.21 Å². The van der Waals surface area contributed by atoms with E-state index in [0.717, 1.165) is 0 Å². The van der Waals surface area contributed by atoms with Crippen LogP contribution in [0.2, 0.25) is 0 Å². The van der Waals surface area contributed by atoms with Gasteiger partial charge >= 0.3 is 5.97 Å². The van der Waals surface area contributed by atoms with Crippen LogP contribution >= 0.6 is 0 Å². The summed E-state index contributed by atoms with van der Waals surface area (Å²) < 4.78 is 6.12. The SMILES string of the molecule is COCC(O)Cn1nnc(C(=O)O)c1CCN. The second-order valence-electron chi connectivity index (χ2n) is 3.52. The molecule has 4 N–H and O–H groups in total. The minimum atomic E-state index is -1.15. The number of ether oxygens (including phenoxy) is 1. The minimum absolute atomic E-state index is 0.125. The summed E-state index contributed by atoms with van der Waals surface area (Å²) in [4.78, 5) is 10.9. The highest BCUT2D eigenvalue weighted by atomic mass is 16.5. The summed E-state index contributed by atoms with van der Waals surface area (Å²) in [6.07, 6.45) is -0.422. The molecule has 8 heteroatoms. The van der Waals surface area contributed by atoms with E-state index in [-0.39, 0.29) is 25.4 Å². The van der Waals surface area contributed by atoms with E-state index in [1.54, 1.807) is 0 Å². The molecular formula is C9H16N4O4. The lowest BCUT2D eigenvalue weighted by atomic mass is 10.2. The van der Waals surface area contributed by atoms with Gasteiger partial charge in [0.05, 0.1) is 24.9 Å². The molecule has 96 valence electrons. The highest BCUT2D eigenvalue weighted by molar-refractivity contribution is 5.86. The van der Waals surface area contributed by atoms with Crippen LogP contribution in [-0.2, 0) is 17.7 Å². The lowest BCUT2D eigenvalue weighted by molar-refractivity contribution is 0.0504. The predicted molar refractivity (Wildman–Crippen MR) is 57.6 cm³/mol. The minimum Gasteiger partial charge on any atom is -0.476 e. The van der Waals surface area contributed by atoms with Crippen molar-refractivity contribution in [2.45, 2.75) is 19.1 Å². The Morgan fingerprint density at radius 1 is 1.65 bits per heavy atom. The quantitative estimate of drug-likeness (QED) is 0.532. The zero-order valence-corrected chi connectivity index (χ0v) is 9.54. The lowest BCUT2D eigenvalue weighted by Crippen LogP contribution is -2.24. The molecule has 1 aromatic rings. The monoisotopic (exact) mass is 244 g/mol. The average Bonchev–Trinajstić information content (AvgIpc) is 2.63. The van der Waals surface area contributed by atoms with Crippen LogP contribution in [-0.4, -0.2) is 57.5 Å². The molecule has 1 aromatic heterocycles. The van der Waals surface area contributed by atoms with Crippen molar-refractivity contribution in [1.82, 2.24) is 15.0 Å². The third kappa shape index (κ3) is 3.48. The molecule has 0 fully saturated rings. The Morgan fingerprint density at radius 3 is 2.88 bits per heavy atom. The second-order valence-corrected chi connectivity index (χ2v) is 3.52. The molecule has 0 aliphatic heterocycles. The van der Waals surface area contributed by atoms with Crippen molar-refractivity contribution >= 4 is 5.97 Å². The van der Waals surface area contributed by atoms with Crippen molar-refractivity contribution < 1.29 is 19.7 Å². The summed E-state index contributed by atoms with van der Waals surface area (Å²) in [5.41, 5.74) is 5.69. The second kappa shape index (κ2) is 6.28. The Kier molecular flexibility index (Phi) is 5.01. The summed E-state index contributed by atoms with van der Waals surface area (Å²) in [7, 11) is 1.47. The third-order valence-electron chi connectivity index (χ3n) is 2.16. The molecule has 1 rings (SSSR count). The smallest absolute Gasteiger partial charge is 0.358 e. The molecule has 0 bridgehead atoms. The first-order chi connectivity index (χ1) is 8.10. The van der Waals surface area contributed by atoms with Gasteiger partial charge in [0.15, 0.2) is 5.69 Å². The first-order valence-corrected chi connectivity index (χ1v) is 5.12. The van der Waals surface area contributed by atoms with Crippen molar-refractivity contribution in [3.8, 4) is 0 Å². The molecule has 17 heavy (non-hydrogen) atoms. The summed E-state index contributed by atoms with van der Waals surface area (Å²) in [6.45, 7) is 0.557. The molecule has 0 saturated carbocycles. The summed E-state index contributed by atoms with van der Waals surface area (Å²) in [5, 5.41) is 25.7. The van der Waals surface area contributed by atoms with Gasteiger partial charge in [0, 0.05) is 13.5 Å². The van der Waals surface area contributed by atoms with E-state index < -0.39 is 12.1 Å². The lowest BCUT2D eigenvalue weighted by Gasteiger charge is -2.11. The van der Waals surface area contributed by atoms with Crippen molar-refractivity contribution in [2.24, 2.45) is 5.73 Å². The van der Waals surface area contributed by atoms with Gasteiger partial charge in [-0.25, -0.2) is 9.48 Å². The Hall–Kier alpha value is -1.51. The topological polar surface area (TPSA) is 123 Å². The van der Waals surface area contributed by atoms with Crippen LogP contribution in [0.15, 0.2) is 0 Å². The van der Waals surface area contributed by atoms with Gasteiger partial charge in [-0.3, -0.25) is 0 Å². The fraction of sp³-hybridized carbons (Fsp3) is 0.667. The molecule has 0 saturated heterocycles. The van der Waals surface area contributed by atoms with Crippen LogP contribution in [0.25, 0.3) is 0 Å². The Morgan fingerprint density at radius 2 is 2.35 bits per heavy atom. The number of carboxylic acids is 1. The average molecular weight is 244 g/mol. The van der Waals surface area contributed by atoms with E-state index in [2.05, 4.69) is 10.3 Å². The maximum absolute atomic E-state index is 10.9. The summed E-state index contributed by atoms with van der Waals surface area (Å²) >= 11 is 0. The van der Waals surface area contributed by atoms with E-state index in [9.17, 15) is 9.90 Å². The Labute approximate surface area is 98.0 Å². The van der Waals surface area contributed by atoms with Gasteiger partial charge in [0.2, 0.25) is 0 Å². The molecular weight excluding hydrogens is 228 g/mol. The molecule has 1 heterocycles. The zero-order valence-electron chi connectivity index (χ0n) is 9.54. The number of hydrogen-bond acceptors (Lipinski definition) is 6. The van der Waals surface area contributed by atoms with Crippen molar-refractivity contribution in [3.05, 3.63) is 11.4 Å². The van der Waals surface area contributed by atoms with Crippen LogP contribution < -0.4 is 5.73 Å². The van der Waals surface area contributed by atoms with E-state index in [1.807, 2.05) is 0 Å². The normalized spacial score (nSPS) is 12.6. The van der Waals surface area contributed by atoms with Gasteiger partial charge in [-0.2, -0.15) is 0 Å². The number of aromatic nitrogens is 3. The number of aromatic carboxylic acids is 1. The number of carbonyl (C=O) groups is 1. The Balaban J connectivity index is 2.87. The first kappa shape index (κ1) is 13.6. The van der Waals surface area contributed by atoms with Gasteiger partial charge in [0.1, 0.15) is 0 Å². The third-order valence-corrected chi connectivity index (χ3v) is 2.16. The zero-order chi connectivity index (χ0) is 12.8. The van der Waals surface area contributed by atoms with E-state index >= 15 is 0 Å². The van der Waals surface area contributed by atoms with Crippen LogP contribution in [0.4, 0.5) is 0 Å². The fourth-order valence-electron chi connectivity index (χ4n) is 1.47. The number of aliphatic hydroxyl groups is 1. The molecule has 8 nitrogen and oxygen atoms in total. The number of methoxy groups -OCH3 is 1. The van der Waals surface area contributed by atoms with Gasteiger partial charge in [-0.05, 0) is 6.54 Å². The molecule has 0 amide bonds. The number of rotatable bonds is 7. The largest absolute Gasteiger partial charge is 0.476 e. The summed E-state index contributed by atoms with van der Waals surface area (Å²) in [5.74, 6) is -1.15. The molecule has 0 aliphatic rings. The van der Waals surface area contributed by atoms with Gasteiger partial charge in [0.25, 0.3) is 0 Å². The van der Waals surface area contributed by atoms with Gasteiger partial charge < -0.3 is 20.7 Å². The van der Waals surface area contributed by atoms with Crippen LogP contribution in [0, 0.1) is 0 Å².